The first-order valence-electron chi connectivity index (χ1n) is 10.2. The van der Waals surface area contributed by atoms with Crippen molar-refractivity contribution < 1.29 is 24.2 Å². The van der Waals surface area contributed by atoms with Gasteiger partial charge in [0.1, 0.15) is 11.6 Å². The number of aliphatic carboxylic acids is 1. The van der Waals surface area contributed by atoms with Crippen LogP contribution in [0.4, 0.5) is 0 Å². The number of carbonyl (C=O) groups excluding carboxylic acids is 1. The first-order valence-corrected chi connectivity index (χ1v) is 11.3. The zero-order valence-electron chi connectivity index (χ0n) is 17.9. The van der Waals surface area contributed by atoms with E-state index >= 15 is 0 Å². The number of carbonyl (C=O) groups is 2. The molecule has 0 radical (unpaired) electrons. The first kappa shape index (κ1) is 24.1. The highest BCUT2D eigenvalue weighted by Crippen LogP contribution is 2.35. The van der Waals surface area contributed by atoms with Crippen molar-refractivity contribution in [1.29, 1.82) is 5.26 Å². The van der Waals surface area contributed by atoms with E-state index in [0.717, 1.165) is 16.5 Å². The van der Waals surface area contributed by atoms with E-state index in [9.17, 15) is 14.9 Å². The number of rotatable bonds is 10. The Hall–Kier alpha value is -3.52. The summed E-state index contributed by atoms with van der Waals surface area (Å²) in [7, 11) is 0. The quantitative estimate of drug-likeness (QED) is 0.197. The largest absolute Gasteiger partial charge is 0.490 e. The van der Waals surface area contributed by atoms with Gasteiger partial charge in [0.15, 0.2) is 18.1 Å². The molecule has 2 aromatic carbocycles. The predicted molar refractivity (Wildman–Crippen MR) is 132 cm³/mol. The Morgan fingerprint density at radius 3 is 2.79 bits per heavy atom. The molecule has 0 aliphatic rings. The fourth-order valence-corrected chi connectivity index (χ4v) is 4.05. The lowest BCUT2D eigenvalue weighted by atomic mass is 10.1. The van der Waals surface area contributed by atoms with Crippen molar-refractivity contribution in [2.75, 3.05) is 19.8 Å². The van der Waals surface area contributed by atoms with E-state index < -0.39 is 18.5 Å². The molecule has 8 nitrogen and oxygen atoms in total. The molecule has 33 heavy (non-hydrogen) atoms. The Bertz CT molecular complexity index is 1240. The summed E-state index contributed by atoms with van der Waals surface area (Å²) in [6.45, 7) is 2.00. The minimum Gasteiger partial charge on any atom is -0.490 e. The third-order valence-corrected chi connectivity index (χ3v) is 5.50. The number of aromatic nitrogens is 1. The van der Waals surface area contributed by atoms with Crippen LogP contribution >= 0.6 is 22.6 Å². The van der Waals surface area contributed by atoms with Crippen LogP contribution in [0, 0.1) is 14.9 Å². The molecule has 3 aromatic rings. The Kier molecular flexibility index (Phi) is 8.32. The average molecular weight is 559 g/mol. The number of benzene rings is 2. The van der Waals surface area contributed by atoms with E-state index in [1.54, 1.807) is 19.1 Å². The highest BCUT2D eigenvalue weighted by Gasteiger charge is 2.15. The summed E-state index contributed by atoms with van der Waals surface area (Å²) in [4.78, 5) is 26.6. The molecule has 0 fully saturated rings. The van der Waals surface area contributed by atoms with E-state index in [1.807, 2.05) is 59.1 Å². The molecule has 0 saturated carbocycles. The van der Waals surface area contributed by atoms with Crippen molar-refractivity contribution in [1.82, 2.24) is 10.3 Å². The summed E-state index contributed by atoms with van der Waals surface area (Å²) in [5.74, 6) is -0.933. The Morgan fingerprint density at radius 2 is 2.06 bits per heavy atom. The minimum atomic E-state index is -1.10. The minimum absolute atomic E-state index is 0.0496. The number of aromatic amines is 1. The molecule has 1 amide bonds. The van der Waals surface area contributed by atoms with Crippen molar-refractivity contribution >= 4 is 51.4 Å². The number of nitrogens with zero attached hydrogens (tertiary/aromatic N) is 1. The number of para-hydroxylation sites is 1. The fraction of sp³-hybridized carbons (Fsp3) is 0.208. The molecule has 0 unspecified atom stereocenters. The maximum Gasteiger partial charge on any atom is 0.341 e. The van der Waals surface area contributed by atoms with Crippen molar-refractivity contribution in [3.63, 3.8) is 0 Å². The summed E-state index contributed by atoms with van der Waals surface area (Å²) in [6, 6.07) is 13.2. The van der Waals surface area contributed by atoms with Crippen LogP contribution in [0.5, 0.6) is 11.5 Å². The van der Waals surface area contributed by atoms with E-state index in [-0.39, 0.29) is 5.57 Å². The summed E-state index contributed by atoms with van der Waals surface area (Å²) in [5, 5.41) is 22.3. The van der Waals surface area contributed by atoms with Gasteiger partial charge in [0, 0.05) is 23.6 Å². The fourth-order valence-electron chi connectivity index (χ4n) is 3.27. The first-order chi connectivity index (χ1) is 15.9. The van der Waals surface area contributed by atoms with Gasteiger partial charge in [0.05, 0.1) is 10.2 Å². The molecule has 9 heteroatoms. The van der Waals surface area contributed by atoms with Crippen molar-refractivity contribution in [3.05, 3.63) is 62.9 Å². The maximum absolute atomic E-state index is 12.6. The number of carboxylic acid groups (broad SMARTS) is 1. The molecule has 3 N–H and O–H groups in total. The zero-order chi connectivity index (χ0) is 23.8. The van der Waals surface area contributed by atoms with Gasteiger partial charge < -0.3 is 24.9 Å². The smallest absolute Gasteiger partial charge is 0.341 e. The lowest BCUT2D eigenvalue weighted by Crippen LogP contribution is -2.26. The van der Waals surface area contributed by atoms with Gasteiger partial charge in [-0.1, -0.05) is 18.2 Å². The van der Waals surface area contributed by atoms with Crippen molar-refractivity contribution in [2.24, 2.45) is 0 Å². The number of carboxylic acids is 1. The number of fused-ring (bicyclic) bond motifs is 1. The van der Waals surface area contributed by atoms with Crippen LogP contribution < -0.4 is 14.8 Å². The molecule has 170 valence electrons. The summed E-state index contributed by atoms with van der Waals surface area (Å²) in [5.41, 5.74) is 2.63. The number of hydrogen-bond acceptors (Lipinski definition) is 5. The van der Waals surface area contributed by atoms with Crippen LogP contribution in [0.2, 0.25) is 0 Å². The number of amides is 1. The zero-order valence-corrected chi connectivity index (χ0v) is 20.0. The average Bonchev–Trinajstić information content (AvgIpc) is 3.20. The van der Waals surface area contributed by atoms with E-state index in [1.165, 1.54) is 6.08 Å². The van der Waals surface area contributed by atoms with Crippen LogP contribution in [0.1, 0.15) is 18.1 Å². The maximum atomic E-state index is 12.6. The van der Waals surface area contributed by atoms with Crippen LogP contribution in [-0.4, -0.2) is 41.7 Å². The van der Waals surface area contributed by atoms with Crippen LogP contribution in [0.3, 0.4) is 0 Å². The molecule has 0 aliphatic carbocycles. The number of ether oxygens (including phenoxy) is 2. The van der Waals surface area contributed by atoms with Crippen LogP contribution in [0.15, 0.2) is 48.2 Å². The second-order valence-electron chi connectivity index (χ2n) is 6.98. The van der Waals surface area contributed by atoms with Gasteiger partial charge in [-0.2, -0.15) is 5.26 Å². The highest BCUT2D eigenvalue weighted by atomic mass is 127. The number of hydrogen-bond donors (Lipinski definition) is 3. The number of H-pyrrole nitrogens is 1. The molecular weight excluding hydrogens is 537 g/mol. The lowest BCUT2D eigenvalue weighted by Gasteiger charge is -2.13. The molecule has 0 saturated heterocycles. The van der Waals surface area contributed by atoms with Crippen LogP contribution in [0.25, 0.3) is 17.0 Å². The normalized spacial score (nSPS) is 11.1. The van der Waals surface area contributed by atoms with Crippen molar-refractivity contribution in [3.8, 4) is 17.6 Å². The van der Waals surface area contributed by atoms with Gasteiger partial charge in [-0.3, -0.25) is 4.79 Å². The van der Waals surface area contributed by atoms with Gasteiger partial charge in [-0.05, 0) is 71.3 Å². The number of nitrogens with one attached hydrogen (secondary N) is 2. The Labute approximate surface area is 204 Å². The topological polar surface area (TPSA) is 124 Å². The summed E-state index contributed by atoms with van der Waals surface area (Å²) in [6.07, 6.45) is 4.01. The molecule has 0 atom stereocenters. The van der Waals surface area contributed by atoms with Gasteiger partial charge in [-0.25, -0.2) is 4.79 Å². The van der Waals surface area contributed by atoms with E-state index in [0.29, 0.717) is 40.2 Å². The third-order valence-electron chi connectivity index (χ3n) is 4.70. The third kappa shape index (κ3) is 6.26. The summed E-state index contributed by atoms with van der Waals surface area (Å²) < 4.78 is 11.5. The molecule has 3 rings (SSSR count). The number of halogens is 1. The molecule has 1 aromatic heterocycles. The Balaban J connectivity index is 1.72. The number of nitriles is 1. The molecule has 1 heterocycles. The van der Waals surface area contributed by atoms with Gasteiger partial charge >= 0.3 is 5.97 Å². The molecule has 0 spiro atoms. The van der Waals surface area contributed by atoms with Gasteiger partial charge in [0.2, 0.25) is 0 Å². The summed E-state index contributed by atoms with van der Waals surface area (Å²) >= 11 is 2.00. The molecule has 0 bridgehead atoms. The van der Waals surface area contributed by atoms with Crippen molar-refractivity contribution in [2.45, 2.75) is 13.3 Å². The van der Waals surface area contributed by atoms with Gasteiger partial charge in [0.25, 0.3) is 5.91 Å². The molecule has 0 aliphatic heterocycles. The molecular formula is C24H22IN3O5. The lowest BCUT2D eigenvalue weighted by molar-refractivity contribution is -0.139. The van der Waals surface area contributed by atoms with E-state index in [4.69, 9.17) is 14.6 Å². The predicted octanol–water partition coefficient (Wildman–Crippen LogP) is 3.90. The second-order valence-corrected chi connectivity index (χ2v) is 8.14. The Morgan fingerprint density at radius 1 is 1.27 bits per heavy atom. The monoisotopic (exact) mass is 559 g/mol. The van der Waals surface area contributed by atoms with Gasteiger partial charge in [-0.15, -0.1) is 0 Å². The second kappa shape index (κ2) is 11.4. The van der Waals surface area contributed by atoms with E-state index in [2.05, 4.69) is 10.3 Å². The SMILES string of the molecule is CCOc1cc(/C=C(/C#N)C(=O)NCCc2c[nH]c3ccccc23)cc(I)c1OCC(=O)O. The van der Waals surface area contributed by atoms with Crippen LogP contribution in [-0.2, 0) is 16.0 Å². The highest BCUT2D eigenvalue weighted by molar-refractivity contribution is 14.1. The standard InChI is InChI=1S/C24H22IN3O5/c1-2-32-21-11-15(10-19(25)23(21)33-14-22(29)30)9-17(12-26)24(31)27-8-7-16-13-28-20-6-4-3-5-18(16)20/h3-6,9-11,13,28H,2,7-8,14H2,1H3,(H,27,31)(H,29,30)/b17-9-.